The van der Waals surface area contributed by atoms with Crippen molar-refractivity contribution in [1.82, 2.24) is 0 Å². The minimum Gasteiger partial charge on any atom is -0.497 e. The molecule has 39 heavy (non-hydrogen) atoms. The number of carbonyl (C=O) groups excluding carboxylic acids is 2. The molecule has 0 aromatic heterocycles. The lowest BCUT2D eigenvalue weighted by Crippen LogP contribution is -2.30. The number of methoxy groups -OCH3 is 1. The average Bonchev–Trinajstić information content (AvgIpc) is 2.87. The molecule has 0 aliphatic carbocycles. The first-order chi connectivity index (χ1) is 18.4. The van der Waals surface area contributed by atoms with E-state index in [1.165, 1.54) is 24.3 Å². The maximum absolute atomic E-state index is 13.2. The zero-order valence-electron chi connectivity index (χ0n) is 21.6. The maximum atomic E-state index is 13.2. The molecule has 4 rings (SSSR count). The molecule has 0 saturated heterocycles. The summed E-state index contributed by atoms with van der Waals surface area (Å²) in [6.45, 7) is 4.05. The summed E-state index contributed by atoms with van der Waals surface area (Å²) in [5, 5.41) is 2.70. The van der Waals surface area contributed by atoms with Gasteiger partial charge in [0.25, 0.3) is 0 Å². The number of carbonyl (C=O) groups is 2. The van der Waals surface area contributed by atoms with Crippen LogP contribution >= 0.6 is 0 Å². The van der Waals surface area contributed by atoms with Crippen molar-refractivity contribution in [2.24, 2.45) is 4.99 Å². The van der Waals surface area contributed by atoms with E-state index in [4.69, 9.17) is 9.73 Å². The SMILES string of the molecule is COc1ccc2c(c1)C(CC(=O)c1cccc(NC(=O)C=Cc3ccc(OC(F)(F)F)cc3)c1)=NC(C)(C)C2. The molecule has 202 valence electrons. The van der Waals surface area contributed by atoms with Crippen LogP contribution in [0.15, 0.2) is 77.8 Å². The number of anilines is 1. The molecule has 6 nitrogen and oxygen atoms in total. The molecule has 1 heterocycles. The highest BCUT2D eigenvalue weighted by Crippen LogP contribution is 2.31. The number of aliphatic imine (C=N–C) groups is 1. The number of hydrogen-bond donors (Lipinski definition) is 1. The Bertz CT molecular complexity index is 1440. The summed E-state index contributed by atoms with van der Waals surface area (Å²) in [5.41, 5.74) is 3.71. The van der Waals surface area contributed by atoms with Crippen LogP contribution in [0.3, 0.4) is 0 Å². The van der Waals surface area contributed by atoms with Crippen LogP contribution in [-0.4, -0.2) is 36.4 Å². The Hall–Kier alpha value is -4.40. The molecule has 3 aromatic rings. The fourth-order valence-electron chi connectivity index (χ4n) is 4.33. The van der Waals surface area contributed by atoms with E-state index in [0.29, 0.717) is 28.3 Å². The number of hydrogen-bond acceptors (Lipinski definition) is 5. The zero-order valence-corrected chi connectivity index (χ0v) is 21.6. The highest BCUT2D eigenvalue weighted by molar-refractivity contribution is 6.17. The third kappa shape index (κ3) is 7.56. The van der Waals surface area contributed by atoms with Crippen LogP contribution in [-0.2, 0) is 11.2 Å². The molecular formula is C30H27F3N2O4. The van der Waals surface area contributed by atoms with E-state index in [-0.39, 0.29) is 23.5 Å². The number of ether oxygens (including phenoxy) is 2. The number of Topliss-reactive ketones (excluding diaryl/α,β-unsaturated/α-hetero) is 1. The van der Waals surface area contributed by atoms with E-state index in [2.05, 4.69) is 10.1 Å². The first kappa shape index (κ1) is 27.6. The van der Waals surface area contributed by atoms with Gasteiger partial charge in [0.15, 0.2) is 5.78 Å². The number of amides is 1. The van der Waals surface area contributed by atoms with Crippen molar-refractivity contribution in [2.75, 3.05) is 12.4 Å². The number of nitrogens with zero attached hydrogens (tertiary/aromatic N) is 1. The highest BCUT2D eigenvalue weighted by Gasteiger charge is 2.31. The molecule has 0 atom stereocenters. The van der Waals surface area contributed by atoms with Crippen molar-refractivity contribution in [3.8, 4) is 11.5 Å². The van der Waals surface area contributed by atoms with Crippen molar-refractivity contribution < 1.29 is 32.2 Å². The predicted molar refractivity (Wildman–Crippen MR) is 143 cm³/mol. The Labute approximate surface area is 224 Å². The van der Waals surface area contributed by atoms with E-state index >= 15 is 0 Å². The average molecular weight is 537 g/mol. The van der Waals surface area contributed by atoms with Gasteiger partial charge in [-0.1, -0.05) is 30.3 Å². The van der Waals surface area contributed by atoms with E-state index < -0.39 is 12.3 Å². The van der Waals surface area contributed by atoms with Gasteiger partial charge in [-0.3, -0.25) is 14.6 Å². The minimum absolute atomic E-state index is 0.0922. The van der Waals surface area contributed by atoms with Gasteiger partial charge in [0.1, 0.15) is 11.5 Å². The smallest absolute Gasteiger partial charge is 0.497 e. The van der Waals surface area contributed by atoms with Crippen LogP contribution in [0.1, 0.15) is 47.3 Å². The second kappa shape index (κ2) is 11.1. The van der Waals surface area contributed by atoms with Gasteiger partial charge < -0.3 is 14.8 Å². The van der Waals surface area contributed by atoms with E-state index in [1.54, 1.807) is 31.4 Å². The lowest BCUT2D eigenvalue weighted by Gasteiger charge is -2.29. The summed E-state index contributed by atoms with van der Waals surface area (Å²) < 4.78 is 46.1. The first-order valence-corrected chi connectivity index (χ1v) is 12.1. The lowest BCUT2D eigenvalue weighted by molar-refractivity contribution is -0.274. The highest BCUT2D eigenvalue weighted by atomic mass is 19.4. The molecule has 0 spiro atoms. The third-order valence-corrected chi connectivity index (χ3v) is 6.01. The summed E-state index contributed by atoms with van der Waals surface area (Å²) in [6.07, 6.45) is -1.22. The van der Waals surface area contributed by atoms with Crippen LogP contribution < -0.4 is 14.8 Å². The van der Waals surface area contributed by atoms with Crippen molar-refractivity contribution in [3.63, 3.8) is 0 Å². The second-order valence-electron chi connectivity index (χ2n) is 9.69. The number of fused-ring (bicyclic) bond motifs is 1. The molecule has 9 heteroatoms. The fourth-order valence-corrected chi connectivity index (χ4v) is 4.33. The number of nitrogens with one attached hydrogen (secondary N) is 1. The topological polar surface area (TPSA) is 77.0 Å². The summed E-state index contributed by atoms with van der Waals surface area (Å²) in [5.74, 6) is -0.268. The van der Waals surface area contributed by atoms with Crippen LogP contribution in [0.2, 0.25) is 0 Å². The van der Waals surface area contributed by atoms with Crippen LogP contribution in [0.25, 0.3) is 6.08 Å². The molecule has 0 radical (unpaired) electrons. The standard InChI is InChI=1S/C30H27F3N2O4/c1-29(2)18-21-10-13-24(38-3)16-25(21)26(35-29)17-27(36)20-5-4-6-22(15-20)34-28(37)14-9-19-7-11-23(12-8-19)39-30(31,32)33/h4-16H,17-18H2,1-3H3,(H,34,37). The summed E-state index contributed by atoms with van der Waals surface area (Å²) in [4.78, 5) is 30.5. The summed E-state index contributed by atoms with van der Waals surface area (Å²) in [6, 6.07) is 17.5. The van der Waals surface area contributed by atoms with Gasteiger partial charge in [-0.2, -0.15) is 0 Å². The monoisotopic (exact) mass is 536 g/mol. The Morgan fingerprint density at radius 1 is 1.03 bits per heavy atom. The molecule has 1 aliphatic heterocycles. The van der Waals surface area contributed by atoms with Gasteiger partial charge in [0.05, 0.1) is 24.8 Å². The van der Waals surface area contributed by atoms with Gasteiger partial charge in [0.2, 0.25) is 5.91 Å². The van der Waals surface area contributed by atoms with E-state index in [0.717, 1.165) is 29.7 Å². The lowest BCUT2D eigenvalue weighted by atomic mass is 9.85. The maximum Gasteiger partial charge on any atom is 0.573 e. The Kier molecular flexibility index (Phi) is 7.90. The van der Waals surface area contributed by atoms with Gasteiger partial charge >= 0.3 is 6.36 Å². The molecule has 1 aliphatic rings. The van der Waals surface area contributed by atoms with Gasteiger partial charge in [-0.25, -0.2) is 0 Å². The predicted octanol–water partition coefficient (Wildman–Crippen LogP) is 6.64. The number of benzene rings is 3. The van der Waals surface area contributed by atoms with Gasteiger partial charge in [0, 0.05) is 22.9 Å². The Morgan fingerprint density at radius 3 is 2.44 bits per heavy atom. The molecule has 1 amide bonds. The van der Waals surface area contributed by atoms with Crippen molar-refractivity contribution in [2.45, 2.75) is 38.6 Å². The molecule has 0 saturated carbocycles. The quantitative estimate of drug-likeness (QED) is 0.259. The first-order valence-electron chi connectivity index (χ1n) is 12.1. The summed E-state index contributed by atoms with van der Waals surface area (Å²) >= 11 is 0. The molecule has 3 aromatic carbocycles. The van der Waals surface area contributed by atoms with Gasteiger partial charge in [-0.05, 0) is 73.9 Å². The van der Waals surface area contributed by atoms with E-state index in [9.17, 15) is 22.8 Å². The van der Waals surface area contributed by atoms with E-state index in [1.807, 2.05) is 32.0 Å². The molecule has 0 fully saturated rings. The largest absolute Gasteiger partial charge is 0.573 e. The van der Waals surface area contributed by atoms with Gasteiger partial charge in [-0.15, -0.1) is 13.2 Å². The fraction of sp³-hybridized carbons (Fsp3) is 0.233. The van der Waals surface area contributed by atoms with Crippen LogP contribution in [0.4, 0.5) is 18.9 Å². The minimum atomic E-state index is -4.77. The molecule has 0 bridgehead atoms. The Morgan fingerprint density at radius 2 is 1.74 bits per heavy atom. The normalized spacial score (nSPS) is 14.4. The van der Waals surface area contributed by atoms with Crippen molar-refractivity contribution in [3.05, 3.63) is 95.1 Å². The van der Waals surface area contributed by atoms with Crippen molar-refractivity contribution in [1.29, 1.82) is 0 Å². The molecule has 1 N–H and O–H groups in total. The number of rotatable bonds is 8. The number of ketones is 1. The Balaban J connectivity index is 1.43. The molecule has 0 unspecified atom stereocenters. The summed E-state index contributed by atoms with van der Waals surface area (Å²) in [7, 11) is 1.59. The van der Waals surface area contributed by atoms with Crippen molar-refractivity contribution >= 4 is 29.2 Å². The molecular weight excluding hydrogens is 509 g/mol. The second-order valence-corrected chi connectivity index (χ2v) is 9.69. The third-order valence-electron chi connectivity index (χ3n) is 6.01. The van der Waals surface area contributed by atoms with Crippen LogP contribution in [0, 0.1) is 0 Å². The number of alkyl halides is 3. The number of halogens is 3. The van der Waals surface area contributed by atoms with Crippen LogP contribution in [0.5, 0.6) is 11.5 Å². The zero-order chi connectivity index (χ0) is 28.2.